The van der Waals surface area contributed by atoms with E-state index in [0.717, 1.165) is 17.3 Å². The maximum absolute atomic E-state index is 11.9. The molecule has 2 heterocycles. The van der Waals surface area contributed by atoms with Crippen molar-refractivity contribution in [3.63, 3.8) is 0 Å². The van der Waals surface area contributed by atoms with E-state index in [1.807, 2.05) is 19.1 Å². The molecule has 5 N–H and O–H groups in total. The zero-order valence-electron chi connectivity index (χ0n) is 16.3. The van der Waals surface area contributed by atoms with E-state index in [-0.39, 0.29) is 11.6 Å². The predicted molar refractivity (Wildman–Crippen MR) is 107 cm³/mol. The molecule has 0 spiro atoms. The molecule has 0 radical (unpaired) electrons. The molecule has 8 nitrogen and oxygen atoms in total. The van der Waals surface area contributed by atoms with Crippen molar-refractivity contribution in [2.24, 2.45) is 11.1 Å². The third-order valence-electron chi connectivity index (χ3n) is 4.64. The topological polar surface area (TPSA) is 141 Å². The highest BCUT2D eigenvalue weighted by Gasteiger charge is 2.28. The number of rotatable bonds is 8. The van der Waals surface area contributed by atoms with Gasteiger partial charge >= 0.3 is 0 Å². The summed E-state index contributed by atoms with van der Waals surface area (Å²) < 4.78 is 5.07. The molecule has 2 rings (SSSR count). The van der Waals surface area contributed by atoms with E-state index in [9.17, 15) is 10.1 Å². The van der Waals surface area contributed by atoms with E-state index in [4.69, 9.17) is 15.9 Å². The minimum Gasteiger partial charge on any atom is -0.481 e. The monoisotopic (exact) mass is 380 g/mol. The van der Waals surface area contributed by atoms with E-state index in [1.165, 1.54) is 0 Å². The summed E-state index contributed by atoms with van der Waals surface area (Å²) in [5.74, 6) is -0.226. The number of hydrogen-bond donors (Lipinski definition) is 4. The van der Waals surface area contributed by atoms with Crippen LogP contribution in [0.2, 0.25) is 0 Å². The lowest BCUT2D eigenvalue weighted by Crippen LogP contribution is -2.39. The number of hydrogen-bond acceptors (Lipinski definition) is 6. The summed E-state index contributed by atoms with van der Waals surface area (Å²) >= 11 is 0. The Morgan fingerprint density at radius 1 is 1.46 bits per heavy atom. The number of nitrogens with zero attached hydrogens (tertiary/aromatic N) is 2. The zero-order valence-corrected chi connectivity index (χ0v) is 16.3. The van der Waals surface area contributed by atoms with Crippen molar-refractivity contribution in [2.75, 3.05) is 7.11 Å². The quantitative estimate of drug-likeness (QED) is 0.411. The number of ether oxygens (including phenoxy) is 1. The fourth-order valence-corrected chi connectivity index (χ4v) is 2.44. The Hall–Kier alpha value is -3.60. The number of primary amides is 1. The average Bonchev–Trinajstić information content (AvgIpc) is 3.17. The van der Waals surface area contributed by atoms with Crippen LogP contribution in [0, 0.1) is 22.2 Å². The second-order valence-corrected chi connectivity index (χ2v) is 6.89. The number of pyridine rings is 1. The Morgan fingerprint density at radius 2 is 2.18 bits per heavy atom. The van der Waals surface area contributed by atoms with Crippen molar-refractivity contribution in [3.8, 4) is 23.1 Å². The molecular formula is C20H24N6O2. The first-order valence-corrected chi connectivity index (χ1v) is 8.65. The van der Waals surface area contributed by atoms with Crippen molar-refractivity contribution in [3.05, 3.63) is 41.9 Å². The van der Waals surface area contributed by atoms with Crippen LogP contribution in [0.4, 0.5) is 0 Å². The number of nitriles is 1. The molecule has 0 saturated heterocycles. The van der Waals surface area contributed by atoms with Gasteiger partial charge in [-0.2, -0.15) is 5.26 Å². The third-order valence-corrected chi connectivity index (χ3v) is 4.64. The van der Waals surface area contributed by atoms with E-state index < -0.39 is 11.3 Å². The summed E-state index contributed by atoms with van der Waals surface area (Å²) in [5.41, 5.74) is 7.40. The number of aromatic amines is 1. The van der Waals surface area contributed by atoms with Gasteiger partial charge in [0.15, 0.2) is 0 Å². The molecule has 8 heteroatoms. The normalized spacial score (nSPS) is 13.1. The number of carbonyl (C=O) groups excluding carboxylic acids is 1. The van der Waals surface area contributed by atoms with Crippen LogP contribution < -0.4 is 15.8 Å². The molecular weight excluding hydrogens is 356 g/mol. The number of methoxy groups -OCH3 is 1. The van der Waals surface area contributed by atoms with Crippen LogP contribution in [0.5, 0.6) is 5.88 Å². The average molecular weight is 380 g/mol. The Balaban J connectivity index is 2.47. The van der Waals surface area contributed by atoms with Crippen molar-refractivity contribution >= 4 is 17.8 Å². The standard InChI is InChI=1S/C20H24N6O2/c1-12(20(2,3)11-22)26-18(15(8-21)19(23)27)16-7-14(10-24-16)13-5-6-17(28-4)25-9-13/h5-10,12,21,24,26H,1-4H3,(H2,23,27)/b18-15-,21-8?. The second kappa shape index (κ2) is 8.39. The largest absolute Gasteiger partial charge is 0.481 e. The van der Waals surface area contributed by atoms with Crippen LogP contribution in [-0.4, -0.2) is 35.2 Å². The highest BCUT2D eigenvalue weighted by molar-refractivity contribution is 6.16. The third kappa shape index (κ3) is 4.38. The van der Waals surface area contributed by atoms with Gasteiger partial charge in [-0.05, 0) is 32.9 Å². The zero-order chi connectivity index (χ0) is 20.9. The molecule has 0 aromatic carbocycles. The van der Waals surface area contributed by atoms with Gasteiger partial charge in [-0.3, -0.25) is 4.79 Å². The Bertz CT molecular complexity index is 934. The molecule has 0 fully saturated rings. The molecule has 0 bridgehead atoms. The maximum atomic E-state index is 11.9. The van der Waals surface area contributed by atoms with Gasteiger partial charge in [0.05, 0.1) is 35.6 Å². The lowest BCUT2D eigenvalue weighted by molar-refractivity contribution is -0.114. The van der Waals surface area contributed by atoms with Gasteiger partial charge in [-0.15, -0.1) is 0 Å². The fraction of sp³-hybridized carbons (Fsp3) is 0.300. The molecule has 0 aliphatic carbocycles. The summed E-state index contributed by atoms with van der Waals surface area (Å²) in [6, 6.07) is 7.37. The van der Waals surface area contributed by atoms with Gasteiger partial charge < -0.3 is 26.2 Å². The molecule has 0 aliphatic rings. The summed E-state index contributed by atoms with van der Waals surface area (Å²) in [7, 11) is 1.55. The van der Waals surface area contributed by atoms with Gasteiger partial charge in [0.2, 0.25) is 5.88 Å². The SMILES string of the molecule is COc1ccc(-c2c[nH]c(/C(NC(C)C(C)(C)C#N)=C(\C=N)C(N)=O)c2)cn1. The van der Waals surface area contributed by atoms with E-state index in [2.05, 4.69) is 21.4 Å². The Morgan fingerprint density at radius 3 is 2.68 bits per heavy atom. The number of aromatic nitrogens is 2. The highest BCUT2D eigenvalue weighted by atomic mass is 16.5. The Kier molecular flexibility index (Phi) is 6.21. The van der Waals surface area contributed by atoms with Crippen LogP contribution in [0.25, 0.3) is 16.8 Å². The van der Waals surface area contributed by atoms with Crippen molar-refractivity contribution in [1.29, 1.82) is 10.7 Å². The van der Waals surface area contributed by atoms with Crippen LogP contribution in [-0.2, 0) is 4.79 Å². The molecule has 2 aromatic heterocycles. The summed E-state index contributed by atoms with van der Waals surface area (Å²) in [4.78, 5) is 19.2. The van der Waals surface area contributed by atoms with Crippen LogP contribution in [0.15, 0.2) is 36.2 Å². The number of carbonyl (C=O) groups is 1. The molecule has 1 atom stereocenters. The number of nitrogens with one attached hydrogen (secondary N) is 3. The summed E-state index contributed by atoms with van der Waals surface area (Å²) in [6.45, 7) is 5.42. The number of amides is 1. The minimum absolute atomic E-state index is 0.0156. The first kappa shape index (κ1) is 20.7. The second-order valence-electron chi connectivity index (χ2n) is 6.89. The Labute approximate surface area is 163 Å². The molecule has 28 heavy (non-hydrogen) atoms. The van der Waals surface area contributed by atoms with E-state index in [0.29, 0.717) is 17.3 Å². The first-order valence-electron chi connectivity index (χ1n) is 8.65. The van der Waals surface area contributed by atoms with Gasteiger partial charge in [-0.1, -0.05) is 0 Å². The molecule has 1 unspecified atom stereocenters. The van der Waals surface area contributed by atoms with Gasteiger partial charge in [0.1, 0.15) is 0 Å². The van der Waals surface area contributed by atoms with Crippen molar-refractivity contribution < 1.29 is 9.53 Å². The van der Waals surface area contributed by atoms with Crippen LogP contribution >= 0.6 is 0 Å². The minimum atomic E-state index is -0.735. The van der Waals surface area contributed by atoms with Gasteiger partial charge in [-0.25, -0.2) is 4.98 Å². The van der Waals surface area contributed by atoms with Crippen molar-refractivity contribution in [2.45, 2.75) is 26.8 Å². The van der Waals surface area contributed by atoms with E-state index in [1.54, 1.807) is 39.4 Å². The molecule has 146 valence electrons. The van der Waals surface area contributed by atoms with Gasteiger partial charge in [0.25, 0.3) is 5.91 Å². The summed E-state index contributed by atoms with van der Waals surface area (Å²) in [6.07, 6.45) is 4.35. The lowest BCUT2D eigenvalue weighted by atomic mass is 9.87. The molecule has 2 aromatic rings. The van der Waals surface area contributed by atoms with Gasteiger partial charge in [0, 0.05) is 41.8 Å². The molecule has 1 amide bonds. The predicted octanol–water partition coefficient (Wildman–Crippen LogP) is 2.46. The van der Waals surface area contributed by atoms with Crippen LogP contribution in [0.1, 0.15) is 26.5 Å². The van der Waals surface area contributed by atoms with Crippen molar-refractivity contribution in [1.82, 2.24) is 15.3 Å². The maximum Gasteiger partial charge on any atom is 0.252 e. The fourth-order valence-electron chi connectivity index (χ4n) is 2.44. The lowest BCUT2D eigenvalue weighted by Gasteiger charge is -2.28. The smallest absolute Gasteiger partial charge is 0.252 e. The number of H-pyrrole nitrogens is 1. The first-order chi connectivity index (χ1) is 13.2. The number of nitrogens with two attached hydrogens (primary N) is 1. The summed E-state index contributed by atoms with van der Waals surface area (Å²) in [5, 5.41) is 20.2. The van der Waals surface area contributed by atoms with Crippen LogP contribution in [0.3, 0.4) is 0 Å². The molecule has 0 saturated carbocycles. The highest BCUT2D eigenvalue weighted by Crippen LogP contribution is 2.27. The molecule has 0 aliphatic heterocycles. The van der Waals surface area contributed by atoms with E-state index >= 15 is 0 Å².